The summed E-state index contributed by atoms with van der Waals surface area (Å²) in [6.07, 6.45) is 5.60. The average molecular weight is 405 g/mol. The van der Waals surface area contributed by atoms with Crippen molar-refractivity contribution >= 4 is 12.0 Å². The number of ether oxygens (including phenoxy) is 1. The van der Waals surface area contributed by atoms with Gasteiger partial charge < -0.3 is 24.0 Å². The van der Waals surface area contributed by atoms with Gasteiger partial charge in [0, 0.05) is 44.5 Å². The molecule has 0 bridgehead atoms. The number of aromatic nitrogens is 1. The molecular weight excluding hydrogens is 368 g/mol. The first-order chi connectivity index (χ1) is 13.7. The lowest BCUT2D eigenvalue weighted by atomic mass is 10.0. The molecule has 0 saturated carbocycles. The molecule has 29 heavy (non-hydrogen) atoms. The van der Waals surface area contributed by atoms with Gasteiger partial charge in [-0.2, -0.15) is 0 Å². The molecule has 1 atom stereocenters. The smallest absolute Gasteiger partial charge is 0.410 e. The van der Waals surface area contributed by atoms with E-state index in [0.29, 0.717) is 19.1 Å². The topological polar surface area (TPSA) is 58.0 Å². The molecule has 7 heteroatoms. The summed E-state index contributed by atoms with van der Waals surface area (Å²) < 4.78 is 7.61. The molecule has 2 aliphatic heterocycles. The second-order valence-corrected chi connectivity index (χ2v) is 9.51. The van der Waals surface area contributed by atoms with Crippen LogP contribution in [0.25, 0.3) is 0 Å². The average Bonchev–Trinajstić information content (AvgIpc) is 3.16. The second kappa shape index (κ2) is 8.78. The molecule has 0 aromatic carbocycles. The molecular formula is C22H36N4O3. The van der Waals surface area contributed by atoms with Crippen molar-refractivity contribution in [2.45, 2.75) is 64.1 Å². The Morgan fingerprint density at radius 1 is 1.07 bits per heavy atom. The lowest BCUT2D eigenvalue weighted by molar-refractivity contribution is 0.0186. The Bertz CT molecular complexity index is 714. The summed E-state index contributed by atoms with van der Waals surface area (Å²) in [5.41, 5.74) is 0.285. The van der Waals surface area contributed by atoms with Gasteiger partial charge in [0.05, 0.1) is 0 Å². The Kier molecular flexibility index (Phi) is 6.56. The molecule has 0 N–H and O–H groups in total. The quantitative estimate of drug-likeness (QED) is 0.776. The summed E-state index contributed by atoms with van der Waals surface area (Å²) in [5, 5.41) is 0. The van der Waals surface area contributed by atoms with Crippen LogP contribution in [-0.2, 0) is 4.74 Å². The van der Waals surface area contributed by atoms with E-state index in [-0.39, 0.29) is 18.0 Å². The van der Waals surface area contributed by atoms with Crippen molar-refractivity contribution in [2.24, 2.45) is 0 Å². The van der Waals surface area contributed by atoms with Gasteiger partial charge in [0.2, 0.25) is 0 Å². The fourth-order valence-electron chi connectivity index (χ4n) is 4.27. The molecule has 1 aromatic heterocycles. The van der Waals surface area contributed by atoms with Gasteiger partial charge in [-0.05, 0) is 72.7 Å². The third-order valence-electron chi connectivity index (χ3n) is 5.92. The number of carbonyl (C=O) groups excluding carboxylic acids is 2. The highest BCUT2D eigenvalue weighted by atomic mass is 16.6. The predicted molar refractivity (Wildman–Crippen MR) is 113 cm³/mol. The van der Waals surface area contributed by atoms with E-state index in [2.05, 4.69) is 23.6 Å². The van der Waals surface area contributed by atoms with Gasteiger partial charge in [-0.3, -0.25) is 4.79 Å². The number of rotatable bonds is 3. The van der Waals surface area contributed by atoms with Crippen molar-refractivity contribution in [3.63, 3.8) is 0 Å². The minimum absolute atomic E-state index is 0.121. The molecule has 0 radical (unpaired) electrons. The van der Waals surface area contributed by atoms with Crippen LogP contribution in [0.2, 0.25) is 0 Å². The first kappa shape index (κ1) is 21.7. The highest BCUT2D eigenvalue weighted by molar-refractivity contribution is 5.93. The van der Waals surface area contributed by atoms with E-state index >= 15 is 0 Å². The molecule has 162 valence electrons. The second-order valence-electron chi connectivity index (χ2n) is 9.51. The first-order valence-electron chi connectivity index (χ1n) is 10.8. The standard InChI is InChI=1S/C22H36N4O3/c1-22(2,3)29-21(28)24-14-10-17(11-15-24)26-13-7-9-19(26)20(27)25-12-6-8-18(16-25)23(4)5/h7,9,13,17-18H,6,8,10-12,14-16H2,1-5H3. The number of hydrogen-bond acceptors (Lipinski definition) is 4. The highest BCUT2D eigenvalue weighted by Crippen LogP contribution is 2.27. The van der Waals surface area contributed by atoms with Crippen molar-refractivity contribution in [3.05, 3.63) is 24.0 Å². The Morgan fingerprint density at radius 2 is 1.76 bits per heavy atom. The molecule has 0 aliphatic carbocycles. The third kappa shape index (κ3) is 5.32. The Morgan fingerprint density at radius 3 is 2.38 bits per heavy atom. The molecule has 2 amide bonds. The van der Waals surface area contributed by atoms with Gasteiger partial charge in [0.15, 0.2) is 0 Å². The minimum atomic E-state index is -0.479. The summed E-state index contributed by atoms with van der Waals surface area (Å²) in [6, 6.07) is 4.55. The van der Waals surface area contributed by atoms with E-state index in [1.807, 2.05) is 44.0 Å². The van der Waals surface area contributed by atoms with Crippen LogP contribution in [0.4, 0.5) is 4.79 Å². The van der Waals surface area contributed by atoms with E-state index in [1.54, 1.807) is 4.90 Å². The molecule has 2 saturated heterocycles. The lowest BCUT2D eigenvalue weighted by Gasteiger charge is -2.37. The fraction of sp³-hybridized carbons (Fsp3) is 0.727. The van der Waals surface area contributed by atoms with E-state index in [1.165, 1.54) is 0 Å². The first-order valence-corrected chi connectivity index (χ1v) is 10.8. The summed E-state index contributed by atoms with van der Waals surface area (Å²) in [7, 11) is 4.17. The number of likely N-dealkylation sites (tertiary alicyclic amines) is 2. The van der Waals surface area contributed by atoms with E-state index < -0.39 is 5.60 Å². The van der Waals surface area contributed by atoms with Gasteiger partial charge >= 0.3 is 6.09 Å². The van der Waals surface area contributed by atoms with Crippen LogP contribution in [0, 0.1) is 0 Å². The fourth-order valence-corrected chi connectivity index (χ4v) is 4.27. The van der Waals surface area contributed by atoms with E-state index in [0.717, 1.165) is 44.5 Å². The van der Waals surface area contributed by atoms with E-state index in [4.69, 9.17) is 4.74 Å². The Hall–Kier alpha value is -2.02. The molecule has 2 fully saturated rings. The van der Waals surface area contributed by atoms with Gasteiger partial charge in [0.25, 0.3) is 5.91 Å². The van der Waals surface area contributed by atoms with Crippen LogP contribution >= 0.6 is 0 Å². The number of nitrogens with zero attached hydrogens (tertiary/aromatic N) is 4. The van der Waals surface area contributed by atoms with Crippen LogP contribution in [0.3, 0.4) is 0 Å². The monoisotopic (exact) mass is 404 g/mol. The SMILES string of the molecule is CN(C)C1CCCN(C(=O)c2cccn2C2CCN(C(=O)OC(C)(C)C)CC2)C1. The molecule has 3 rings (SSSR count). The normalized spacial score (nSPS) is 21.5. The van der Waals surface area contributed by atoms with Crippen LogP contribution < -0.4 is 0 Å². The summed E-state index contributed by atoms with van der Waals surface area (Å²) in [6.45, 7) is 8.57. The summed E-state index contributed by atoms with van der Waals surface area (Å²) in [5.74, 6) is 0.121. The zero-order valence-corrected chi connectivity index (χ0v) is 18.6. The number of piperidine rings is 2. The Labute approximate surface area is 174 Å². The maximum atomic E-state index is 13.2. The van der Waals surface area contributed by atoms with Crippen molar-refractivity contribution in [2.75, 3.05) is 40.3 Å². The Balaban J connectivity index is 1.62. The minimum Gasteiger partial charge on any atom is -0.444 e. The third-order valence-corrected chi connectivity index (χ3v) is 5.92. The van der Waals surface area contributed by atoms with Crippen molar-refractivity contribution in [3.8, 4) is 0 Å². The molecule has 1 unspecified atom stereocenters. The van der Waals surface area contributed by atoms with Crippen LogP contribution in [0.15, 0.2) is 18.3 Å². The zero-order chi connectivity index (χ0) is 21.2. The van der Waals surface area contributed by atoms with E-state index in [9.17, 15) is 9.59 Å². The highest BCUT2D eigenvalue weighted by Gasteiger charge is 2.31. The van der Waals surface area contributed by atoms with Crippen molar-refractivity contribution in [1.82, 2.24) is 19.3 Å². The number of likely N-dealkylation sites (N-methyl/N-ethyl adjacent to an activating group) is 1. The lowest BCUT2D eigenvalue weighted by Crippen LogP contribution is -2.48. The zero-order valence-electron chi connectivity index (χ0n) is 18.6. The van der Waals surface area contributed by atoms with Gasteiger partial charge in [0.1, 0.15) is 11.3 Å². The number of carbonyl (C=O) groups is 2. The number of hydrogen-bond donors (Lipinski definition) is 0. The van der Waals surface area contributed by atoms with Gasteiger partial charge in [-0.25, -0.2) is 4.79 Å². The molecule has 1 aromatic rings. The van der Waals surface area contributed by atoms with Crippen molar-refractivity contribution in [1.29, 1.82) is 0 Å². The molecule has 3 heterocycles. The van der Waals surface area contributed by atoms with Gasteiger partial charge in [-0.15, -0.1) is 0 Å². The van der Waals surface area contributed by atoms with Crippen LogP contribution in [0.1, 0.15) is 63.0 Å². The largest absolute Gasteiger partial charge is 0.444 e. The maximum Gasteiger partial charge on any atom is 0.410 e. The van der Waals surface area contributed by atoms with Crippen LogP contribution in [-0.4, -0.2) is 83.2 Å². The van der Waals surface area contributed by atoms with Crippen molar-refractivity contribution < 1.29 is 14.3 Å². The maximum absolute atomic E-state index is 13.2. The summed E-state index contributed by atoms with van der Waals surface area (Å²) in [4.78, 5) is 31.5. The molecule has 2 aliphatic rings. The predicted octanol–water partition coefficient (Wildman–Crippen LogP) is 3.23. The summed E-state index contributed by atoms with van der Waals surface area (Å²) >= 11 is 0. The van der Waals surface area contributed by atoms with Gasteiger partial charge in [-0.1, -0.05) is 0 Å². The number of amides is 2. The van der Waals surface area contributed by atoms with Crippen LogP contribution in [0.5, 0.6) is 0 Å². The molecule has 7 nitrogen and oxygen atoms in total. The molecule has 0 spiro atoms.